The lowest BCUT2D eigenvalue weighted by molar-refractivity contribution is -0.142. The first-order valence-electron chi connectivity index (χ1n) is 5.94. The molecule has 0 radical (unpaired) electrons. The Morgan fingerprint density at radius 3 is 2.76 bits per heavy atom. The van der Waals surface area contributed by atoms with Crippen LogP contribution in [0, 0.1) is 13.8 Å². The van der Waals surface area contributed by atoms with Gasteiger partial charge in [-0.25, -0.2) is 0 Å². The molecule has 0 saturated heterocycles. The first-order valence-corrected chi connectivity index (χ1v) is 5.94. The highest BCUT2D eigenvalue weighted by atomic mass is 16.5. The van der Waals surface area contributed by atoms with Crippen LogP contribution in [0.25, 0.3) is 0 Å². The number of ether oxygens (including phenoxy) is 1. The fraction of sp³-hybridized carbons (Fsp3) is 0.500. The number of carbonyl (C=O) groups is 1. The molecular formula is C14H21NO2. The van der Waals surface area contributed by atoms with E-state index in [9.17, 15) is 4.79 Å². The van der Waals surface area contributed by atoms with Crippen LogP contribution in [0.2, 0.25) is 0 Å². The van der Waals surface area contributed by atoms with Crippen molar-refractivity contribution in [3.05, 3.63) is 34.9 Å². The van der Waals surface area contributed by atoms with Crippen molar-refractivity contribution in [2.45, 2.75) is 39.2 Å². The van der Waals surface area contributed by atoms with E-state index in [1.165, 1.54) is 23.8 Å². The number of aryl methyl sites for hydroxylation is 3. The zero-order valence-corrected chi connectivity index (χ0v) is 10.8. The average Bonchev–Trinajstić information content (AvgIpc) is 2.32. The molecule has 0 fully saturated rings. The minimum Gasteiger partial charge on any atom is -0.468 e. The van der Waals surface area contributed by atoms with E-state index in [0.29, 0.717) is 6.42 Å². The van der Waals surface area contributed by atoms with Gasteiger partial charge in [0.25, 0.3) is 0 Å². The maximum absolute atomic E-state index is 11.1. The van der Waals surface area contributed by atoms with Gasteiger partial charge >= 0.3 is 5.97 Å². The van der Waals surface area contributed by atoms with Crippen LogP contribution >= 0.6 is 0 Å². The van der Waals surface area contributed by atoms with E-state index >= 15 is 0 Å². The molecule has 0 spiro atoms. The summed E-state index contributed by atoms with van der Waals surface area (Å²) < 4.78 is 4.59. The molecule has 1 unspecified atom stereocenters. The Morgan fingerprint density at radius 1 is 1.41 bits per heavy atom. The molecule has 17 heavy (non-hydrogen) atoms. The van der Waals surface area contributed by atoms with Gasteiger partial charge in [0.2, 0.25) is 0 Å². The van der Waals surface area contributed by atoms with Gasteiger partial charge in [0.15, 0.2) is 0 Å². The third-order valence-electron chi connectivity index (χ3n) is 2.97. The number of esters is 1. The van der Waals surface area contributed by atoms with Crippen LogP contribution < -0.4 is 5.73 Å². The van der Waals surface area contributed by atoms with Crippen molar-refractivity contribution in [2.24, 2.45) is 5.73 Å². The van der Waals surface area contributed by atoms with Gasteiger partial charge in [-0.1, -0.05) is 23.8 Å². The molecule has 1 rings (SSSR count). The maximum atomic E-state index is 11.1. The zero-order valence-electron chi connectivity index (χ0n) is 10.8. The number of benzene rings is 1. The largest absolute Gasteiger partial charge is 0.468 e. The molecule has 1 aromatic rings. The summed E-state index contributed by atoms with van der Waals surface area (Å²) in [5, 5.41) is 0. The highest BCUT2D eigenvalue weighted by Crippen LogP contribution is 2.14. The van der Waals surface area contributed by atoms with E-state index in [4.69, 9.17) is 5.73 Å². The number of nitrogens with two attached hydrogens (primary N) is 1. The normalized spacial score (nSPS) is 12.2. The van der Waals surface area contributed by atoms with Crippen molar-refractivity contribution in [3.8, 4) is 0 Å². The molecular weight excluding hydrogens is 214 g/mol. The SMILES string of the molecule is COC(=O)C(N)CCCc1cc(C)ccc1C. The van der Waals surface area contributed by atoms with Gasteiger partial charge in [0, 0.05) is 0 Å². The van der Waals surface area contributed by atoms with Crippen molar-refractivity contribution < 1.29 is 9.53 Å². The molecule has 1 aromatic carbocycles. The Hall–Kier alpha value is -1.35. The zero-order chi connectivity index (χ0) is 12.8. The van der Waals surface area contributed by atoms with Gasteiger partial charge in [-0.3, -0.25) is 4.79 Å². The lowest BCUT2D eigenvalue weighted by Gasteiger charge is -2.10. The van der Waals surface area contributed by atoms with Crippen LogP contribution in [0.1, 0.15) is 29.5 Å². The molecule has 1 atom stereocenters. The second-order valence-corrected chi connectivity index (χ2v) is 4.45. The van der Waals surface area contributed by atoms with Crippen molar-refractivity contribution in [1.82, 2.24) is 0 Å². The molecule has 0 aliphatic carbocycles. The summed E-state index contributed by atoms with van der Waals surface area (Å²) in [6, 6.07) is 5.94. The predicted molar refractivity (Wildman–Crippen MR) is 68.8 cm³/mol. The van der Waals surface area contributed by atoms with Crippen LogP contribution in [0.15, 0.2) is 18.2 Å². The standard InChI is InChI=1S/C14H21NO2/c1-10-7-8-11(2)12(9-10)5-4-6-13(15)14(16)17-3/h7-9,13H,4-6,15H2,1-3H3. The van der Waals surface area contributed by atoms with Crippen LogP contribution in [0.4, 0.5) is 0 Å². The molecule has 3 nitrogen and oxygen atoms in total. The van der Waals surface area contributed by atoms with E-state index in [-0.39, 0.29) is 5.97 Å². The maximum Gasteiger partial charge on any atom is 0.322 e. The van der Waals surface area contributed by atoms with Crippen LogP contribution in [-0.4, -0.2) is 19.1 Å². The van der Waals surface area contributed by atoms with Gasteiger partial charge in [-0.15, -0.1) is 0 Å². The molecule has 3 heteroatoms. The highest BCUT2D eigenvalue weighted by molar-refractivity contribution is 5.75. The summed E-state index contributed by atoms with van der Waals surface area (Å²) in [6.45, 7) is 4.19. The van der Waals surface area contributed by atoms with Crippen molar-refractivity contribution in [1.29, 1.82) is 0 Å². The molecule has 0 heterocycles. The Balaban J connectivity index is 2.45. The van der Waals surface area contributed by atoms with Crippen molar-refractivity contribution in [2.75, 3.05) is 7.11 Å². The number of carbonyl (C=O) groups excluding carboxylic acids is 1. The smallest absolute Gasteiger partial charge is 0.322 e. The van der Waals surface area contributed by atoms with Crippen molar-refractivity contribution >= 4 is 5.97 Å². The fourth-order valence-electron chi connectivity index (χ4n) is 1.85. The Labute approximate surface area is 103 Å². The second kappa shape index (κ2) is 6.40. The van der Waals surface area contributed by atoms with E-state index < -0.39 is 6.04 Å². The third-order valence-corrected chi connectivity index (χ3v) is 2.97. The molecule has 94 valence electrons. The first kappa shape index (κ1) is 13.7. The lowest BCUT2D eigenvalue weighted by atomic mass is 9.99. The first-order chi connectivity index (χ1) is 8.04. The van der Waals surface area contributed by atoms with Crippen molar-refractivity contribution in [3.63, 3.8) is 0 Å². The average molecular weight is 235 g/mol. The summed E-state index contributed by atoms with van der Waals surface area (Å²) >= 11 is 0. The molecule has 2 N–H and O–H groups in total. The number of rotatable bonds is 5. The van der Waals surface area contributed by atoms with Crippen LogP contribution in [0.3, 0.4) is 0 Å². The third kappa shape index (κ3) is 4.19. The number of methoxy groups -OCH3 is 1. The Bertz CT molecular complexity index is 388. The van der Waals surface area contributed by atoms with E-state index in [1.54, 1.807) is 0 Å². The fourth-order valence-corrected chi connectivity index (χ4v) is 1.85. The minimum atomic E-state index is -0.495. The van der Waals surface area contributed by atoms with Gasteiger partial charge < -0.3 is 10.5 Å². The molecule has 0 saturated carbocycles. The van der Waals surface area contributed by atoms with E-state index in [0.717, 1.165) is 12.8 Å². The summed E-state index contributed by atoms with van der Waals surface area (Å²) in [7, 11) is 1.37. The number of hydrogen-bond donors (Lipinski definition) is 1. The molecule has 0 aliphatic heterocycles. The molecule has 0 aromatic heterocycles. The summed E-state index contributed by atoms with van der Waals surface area (Å²) in [5.74, 6) is -0.328. The van der Waals surface area contributed by atoms with Gasteiger partial charge in [-0.2, -0.15) is 0 Å². The van der Waals surface area contributed by atoms with Gasteiger partial charge in [0.05, 0.1) is 7.11 Å². The van der Waals surface area contributed by atoms with Gasteiger partial charge in [0.1, 0.15) is 6.04 Å². The second-order valence-electron chi connectivity index (χ2n) is 4.45. The van der Waals surface area contributed by atoms with Crippen LogP contribution in [0.5, 0.6) is 0 Å². The Morgan fingerprint density at radius 2 is 2.12 bits per heavy atom. The van der Waals surface area contributed by atoms with E-state index in [2.05, 4.69) is 36.8 Å². The summed E-state index contributed by atoms with van der Waals surface area (Å²) in [5.41, 5.74) is 9.58. The monoisotopic (exact) mass is 235 g/mol. The summed E-state index contributed by atoms with van der Waals surface area (Å²) in [4.78, 5) is 11.1. The quantitative estimate of drug-likeness (QED) is 0.795. The van der Waals surface area contributed by atoms with Gasteiger partial charge in [-0.05, 0) is 44.2 Å². The summed E-state index contributed by atoms with van der Waals surface area (Å²) in [6.07, 6.45) is 2.53. The highest BCUT2D eigenvalue weighted by Gasteiger charge is 2.12. The molecule has 0 bridgehead atoms. The Kier molecular flexibility index (Phi) is 5.16. The number of hydrogen-bond acceptors (Lipinski definition) is 3. The molecule has 0 amide bonds. The molecule has 0 aliphatic rings. The predicted octanol–water partition coefficient (Wildman–Crippen LogP) is 2.13. The topological polar surface area (TPSA) is 52.3 Å². The van der Waals surface area contributed by atoms with Crippen LogP contribution in [-0.2, 0) is 16.0 Å². The minimum absolute atomic E-state index is 0.328. The van der Waals surface area contributed by atoms with E-state index in [1.807, 2.05) is 0 Å². The lowest BCUT2D eigenvalue weighted by Crippen LogP contribution is -2.31.